The summed E-state index contributed by atoms with van der Waals surface area (Å²) < 4.78 is 1.05. The van der Waals surface area contributed by atoms with Gasteiger partial charge >= 0.3 is 0 Å². The lowest BCUT2D eigenvalue weighted by atomic mass is 10.1. The minimum absolute atomic E-state index is 0.208. The van der Waals surface area contributed by atoms with Crippen LogP contribution < -0.4 is 10.6 Å². The minimum Gasteiger partial charge on any atom is -0.332 e. The van der Waals surface area contributed by atoms with E-state index in [1.165, 1.54) is 5.56 Å². The van der Waals surface area contributed by atoms with Crippen LogP contribution in [0.25, 0.3) is 0 Å². The molecule has 0 bridgehead atoms. The van der Waals surface area contributed by atoms with Gasteiger partial charge in [0.05, 0.1) is 0 Å². The Bertz CT molecular complexity index is 743. The SMILES string of the molecule is Cc1ccc(NC(=S)NC(=O)c2ccc(C)c(I)c2)c(C)c1. The smallest absolute Gasteiger partial charge is 0.257 e. The van der Waals surface area contributed by atoms with Gasteiger partial charge < -0.3 is 5.32 Å². The molecule has 0 aliphatic rings. The molecule has 0 unspecified atom stereocenters. The average molecular weight is 424 g/mol. The van der Waals surface area contributed by atoms with Gasteiger partial charge in [-0.15, -0.1) is 0 Å². The van der Waals surface area contributed by atoms with Crippen LogP contribution in [0.2, 0.25) is 0 Å². The summed E-state index contributed by atoms with van der Waals surface area (Å²) >= 11 is 7.43. The normalized spacial score (nSPS) is 10.2. The summed E-state index contributed by atoms with van der Waals surface area (Å²) in [6.45, 7) is 6.05. The predicted molar refractivity (Wildman–Crippen MR) is 103 cm³/mol. The number of hydrogen-bond acceptors (Lipinski definition) is 2. The molecule has 114 valence electrons. The van der Waals surface area contributed by atoms with Crippen molar-refractivity contribution < 1.29 is 4.79 Å². The lowest BCUT2D eigenvalue weighted by molar-refractivity contribution is 0.0977. The minimum atomic E-state index is -0.208. The average Bonchev–Trinajstić information content (AvgIpc) is 2.45. The van der Waals surface area contributed by atoms with E-state index < -0.39 is 0 Å². The second-order valence-electron chi connectivity index (χ2n) is 5.19. The standard InChI is InChI=1S/C17H17IN2OS/c1-10-4-7-15(12(3)8-10)19-17(22)20-16(21)13-6-5-11(2)14(18)9-13/h4-9H,1-3H3,(H2,19,20,21,22). The maximum Gasteiger partial charge on any atom is 0.257 e. The number of rotatable bonds is 2. The van der Waals surface area contributed by atoms with Crippen LogP contribution in [0.15, 0.2) is 36.4 Å². The summed E-state index contributed by atoms with van der Waals surface area (Å²) in [5.74, 6) is -0.208. The third kappa shape index (κ3) is 4.27. The number of amides is 1. The van der Waals surface area contributed by atoms with Crippen molar-refractivity contribution in [1.29, 1.82) is 0 Å². The Hall–Kier alpha value is -1.47. The van der Waals surface area contributed by atoms with E-state index in [0.717, 1.165) is 20.4 Å². The summed E-state index contributed by atoms with van der Waals surface area (Å²) in [6, 6.07) is 11.6. The zero-order valence-corrected chi connectivity index (χ0v) is 15.6. The first kappa shape index (κ1) is 16.9. The molecule has 0 aliphatic heterocycles. The highest BCUT2D eigenvalue weighted by atomic mass is 127. The molecule has 2 N–H and O–H groups in total. The van der Waals surface area contributed by atoms with Gasteiger partial charge in [0.25, 0.3) is 5.91 Å². The van der Waals surface area contributed by atoms with Gasteiger partial charge in [0.1, 0.15) is 0 Å². The summed E-state index contributed by atoms with van der Waals surface area (Å²) in [5.41, 5.74) is 4.91. The highest BCUT2D eigenvalue weighted by Crippen LogP contribution is 2.16. The Kier molecular flexibility index (Phi) is 5.52. The van der Waals surface area contributed by atoms with Gasteiger partial charge in [-0.2, -0.15) is 0 Å². The number of carbonyl (C=O) groups is 1. The van der Waals surface area contributed by atoms with Gasteiger partial charge in [0.15, 0.2) is 5.11 Å². The van der Waals surface area contributed by atoms with Crippen molar-refractivity contribution in [3.63, 3.8) is 0 Å². The Morgan fingerprint density at radius 2 is 1.77 bits per heavy atom. The van der Waals surface area contributed by atoms with Crippen molar-refractivity contribution in [3.05, 3.63) is 62.2 Å². The fourth-order valence-electron chi connectivity index (χ4n) is 2.02. The molecule has 2 aromatic carbocycles. The van der Waals surface area contributed by atoms with Crippen LogP contribution in [0.5, 0.6) is 0 Å². The van der Waals surface area contributed by atoms with Crippen LogP contribution in [-0.2, 0) is 0 Å². The fraction of sp³-hybridized carbons (Fsp3) is 0.176. The molecule has 0 heterocycles. The summed E-state index contributed by atoms with van der Waals surface area (Å²) in [5, 5.41) is 6.07. The first-order chi connectivity index (χ1) is 10.4. The molecule has 0 aliphatic carbocycles. The molecule has 0 spiro atoms. The molecule has 0 radical (unpaired) electrons. The zero-order valence-electron chi connectivity index (χ0n) is 12.7. The van der Waals surface area contributed by atoms with Crippen molar-refractivity contribution in [3.8, 4) is 0 Å². The van der Waals surface area contributed by atoms with E-state index in [2.05, 4.69) is 39.3 Å². The number of halogens is 1. The predicted octanol–water partition coefficient (Wildman–Crippen LogP) is 4.34. The van der Waals surface area contributed by atoms with E-state index >= 15 is 0 Å². The quantitative estimate of drug-likeness (QED) is 0.557. The molecule has 2 rings (SSSR count). The molecule has 0 atom stereocenters. The van der Waals surface area contributed by atoms with Crippen molar-refractivity contribution in [1.82, 2.24) is 5.32 Å². The van der Waals surface area contributed by atoms with Crippen LogP contribution in [-0.4, -0.2) is 11.0 Å². The van der Waals surface area contributed by atoms with Crippen molar-refractivity contribution in [2.24, 2.45) is 0 Å². The number of anilines is 1. The largest absolute Gasteiger partial charge is 0.332 e. The molecule has 0 saturated heterocycles. The van der Waals surface area contributed by atoms with Crippen LogP contribution in [0, 0.1) is 24.3 Å². The molecule has 0 aromatic heterocycles. The van der Waals surface area contributed by atoms with Gasteiger partial charge in [-0.05, 0) is 84.9 Å². The van der Waals surface area contributed by atoms with E-state index in [1.54, 1.807) is 6.07 Å². The van der Waals surface area contributed by atoms with Gasteiger partial charge in [0.2, 0.25) is 0 Å². The third-order valence-electron chi connectivity index (χ3n) is 3.29. The van der Waals surface area contributed by atoms with Gasteiger partial charge in [-0.3, -0.25) is 10.1 Å². The first-order valence-electron chi connectivity index (χ1n) is 6.82. The number of thiocarbonyl (C=S) groups is 1. The summed E-state index contributed by atoms with van der Waals surface area (Å²) in [7, 11) is 0. The van der Waals surface area contributed by atoms with Gasteiger partial charge in [0, 0.05) is 14.8 Å². The Labute approximate surface area is 149 Å². The van der Waals surface area contributed by atoms with Crippen LogP contribution in [0.1, 0.15) is 27.0 Å². The number of benzene rings is 2. The molecule has 3 nitrogen and oxygen atoms in total. The Morgan fingerprint density at radius 1 is 1.05 bits per heavy atom. The zero-order chi connectivity index (χ0) is 16.3. The number of nitrogens with one attached hydrogen (secondary N) is 2. The van der Waals surface area contributed by atoms with E-state index in [0.29, 0.717) is 10.7 Å². The number of carbonyl (C=O) groups excluding carboxylic acids is 1. The topological polar surface area (TPSA) is 41.1 Å². The van der Waals surface area contributed by atoms with E-state index in [1.807, 2.05) is 45.0 Å². The van der Waals surface area contributed by atoms with Crippen molar-refractivity contribution in [2.75, 3.05) is 5.32 Å². The molecule has 5 heteroatoms. The second kappa shape index (κ2) is 7.19. The Morgan fingerprint density at radius 3 is 2.41 bits per heavy atom. The molecule has 1 amide bonds. The van der Waals surface area contributed by atoms with E-state index in [-0.39, 0.29) is 5.91 Å². The van der Waals surface area contributed by atoms with Crippen LogP contribution in [0.4, 0.5) is 5.69 Å². The molecule has 0 fully saturated rings. The third-order valence-corrected chi connectivity index (χ3v) is 4.66. The van der Waals surface area contributed by atoms with Crippen LogP contribution in [0.3, 0.4) is 0 Å². The lowest BCUT2D eigenvalue weighted by Gasteiger charge is -2.12. The number of hydrogen-bond donors (Lipinski definition) is 2. The first-order valence-corrected chi connectivity index (χ1v) is 8.31. The summed E-state index contributed by atoms with van der Waals surface area (Å²) in [4.78, 5) is 12.2. The number of aryl methyl sites for hydroxylation is 3. The molecule has 2 aromatic rings. The molecular formula is C17H17IN2OS. The van der Waals surface area contributed by atoms with Crippen molar-refractivity contribution in [2.45, 2.75) is 20.8 Å². The molecule has 22 heavy (non-hydrogen) atoms. The molecule has 0 saturated carbocycles. The lowest BCUT2D eigenvalue weighted by Crippen LogP contribution is -2.34. The monoisotopic (exact) mass is 424 g/mol. The maximum atomic E-state index is 12.2. The fourth-order valence-corrected chi connectivity index (χ4v) is 2.73. The molecular weight excluding hydrogens is 407 g/mol. The van der Waals surface area contributed by atoms with Gasteiger partial charge in [-0.1, -0.05) is 23.8 Å². The summed E-state index contributed by atoms with van der Waals surface area (Å²) in [6.07, 6.45) is 0. The van der Waals surface area contributed by atoms with Gasteiger partial charge in [-0.25, -0.2) is 0 Å². The highest BCUT2D eigenvalue weighted by Gasteiger charge is 2.10. The maximum absolute atomic E-state index is 12.2. The second-order valence-corrected chi connectivity index (χ2v) is 6.76. The van der Waals surface area contributed by atoms with E-state index in [9.17, 15) is 4.79 Å². The van der Waals surface area contributed by atoms with Crippen LogP contribution >= 0.6 is 34.8 Å². The van der Waals surface area contributed by atoms with E-state index in [4.69, 9.17) is 12.2 Å². The van der Waals surface area contributed by atoms with Crippen molar-refractivity contribution >= 4 is 51.5 Å². The highest BCUT2D eigenvalue weighted by molar-refractivity contribution is 14.1. The Balaban J connectivity index is 2.05.